The number of rotatable bonds is 10. The van der Waals surface area contributed by atoms with Gasteiger partial charge in [0.15, 0.2) is 0 Å². The van der Waals surface area contributed by atoms with Crippen LogP contribution in [0.1, 0.15) is 27.2 Å². The van der Waals surface area contributed by atoms with Crippen LogP contribution in [0.4, 0.5) is 0 Å². The first kappa shape index (κ1) is 19.8. The van der Waals surface area contributed by atoms with Crippen LogP contribution in [-0.4, -0.2) is 50.1 Å². The van der Waals surface area contributed by atoms with Gasteiger partial charge in [-0.3, -0.25) is 9.59 Å². The predicted octanol–water partition coefficient (Wildman–Crippen LogP) is 2.08. The first-order chi connectivity index (χ1) is 11.4. The Kier molecular flexibility index (Phi) is 8.68. The lowest BCUT2D eigenvalue weighted by atomic mass is 10.1. The summed E-state index contributed by atoms with van der Waals surface area (Å²) in [5, 5.41) is 2.83. The zero-order valence-electron chi connectivity index (χ0n) is 15.0. The fraction of sp³-hybridized carbons (Fsp3) is 0.556. The lowest BCUT2D eigenvalue weighted by molar-refractivity contribution is -0.134. The van der Waals surface area contributed by atoms with Crippen molar-refractivity contribution >= 4 is 11.8 Å². The lowest BCUT2D eigenvalue weighted by Gasteiger charge is -2.21. The molecule has 0 fully saturated rings. The van der Waals surface area contributed by atoms with E-state index in [1.807, 2.05) is 0 Å². The largest absolute Gasteiger partial charge is 0.497 e. The van der Waals surface area contributed by atoms with Gasteiger partial charge in [-0.05, 0) is 36.6 Å². The van der Waals surface area contributed by atoms with Crippen LogP contribution in [0.15, 0.2) is 24.3 Å². The molecule has 0 saturated carbocycles. The zero-order valence-corrected chi connectivity index (χ0v) is 15.0. The van der Waals surface area contributed by atoms with Gasteiger partial charge in [-0.2, -0.15) is 0 Å². The van der Waals surface area contributed by atoms with Crippen molar-refractivity contribution in [2.75, 3.05) is 33.4 Å². The Morgan fingerprint density at radius 1 is 1.17 bits per heavy atom. The molecule has 0 atom stereocenters. The molecule has 0 aliphatic heterocycles. The van der Waals surface area contributed by atoms with Crippen LogP contribution in [0.2, 0.25) is 0 Å². The van der Waals surface area contributed by atoms with E-state index in [-0.39, 0.29) is 18.4 Å². The minimum absolute atomic E-state index is 0.0550. The Hall–Kier alpha value is -2.24. The molecule has 1 rings (SSSR count). The van der Waals surface area contributed by atoms with Gasteiger partial charge >= 0.3 is 0 Å². The van der Waals surface area contributed by atoms with Crippen molar-refractivity contribution in [2.45, 2.75) is 27.2 Å². The molecule has 0 unspecified atom stereocenters. The Labute approximate surface area is 144 Å². The Bertz CT molecular complexity index is 514. The third-order valence-corrected chi connectivity index (χ3v) is 3.51. The van der Waals surface area contributed by atoms with Crippen LogP contribution in [-0.2, 0) is 9.59 Å². The maximum atomic E-state index is 11.9. The van der Waals surface area contributed by atoms with E-state index in [1.165, 1.54) is 11.8 Å². The van der Waals surface area contributed by atoms with Crippen molar-refractivity contribution in [2.24, 2.45) is 5.92 Å². The fourth-order valence-electron chi connectivity index (χ4n) is 2.02. The van der Waals surface area contributed by atoms with Crippen molar-refractivity contribution in [3.05, 3.63) is 24.3 Å². The number of nitrogens with zero attached hydrogens (tertiary/aromatic N) is 1. The van der Waals surface area contributed by atoms with Gasteiger partial charge in [0, 0.05) is 13.5 Å². The number of ether oxygens (including phenoxy) is 2. The highest BCUT2D eigenvalue weighted by Crippen LogP contribution is 2.16. The van der Waals surface area contributed by atoms with Crippen molar-refractivity contribution < 1.29 is 19.1 Å². The summed E-state index contributed by atoms with van der Waals surface area (Å²) in [7, 11) is 1.60. The molecule has 0 aromatic heterocycles. The second-order valence-electron chi connectivity index (χ2n) is 6.00. The van der Waals surface area contributed by atoms with Crippen molar-refractivity contribution in [1.82, 2.24) is 10.2 Å². The van der Waals surface area contributed by atoms with Gasteiger partial charge in [-0.15, -0.1) is 0 Å². The molecule has 1 aromatic rings. The number of methoxy groups -OCH3 is 1. The number of carbonyl (C=O) groups is 2. The summed E-state index contributed by atoms with van der Waals surface area (Å²) in [6.45, 7) is 7.03. The van der Waals surface area contributed by atoms with Crippen molar-refractivity contribution in [1.29, 1.82) is 0 Å². The molecule has 24 heavy (non-hydrogen) atoms. The van der Waals surface area contributed by atoms with Crippen LogP contribution in [0.3, 0.4) is 0 Å². The molecule has 0 aliphatic rings. The number of carbonyl (C=O) groups excluding carboxylic acids is 2. The van der Waals surface area contributed by atoms with Crippen LogP contribution in [0.5, 0.6) is 11.5 Å². The molecule has 6 nitrogen and oxygen atoms in total. The summed E-state index contributed by atoms with van der Waals surface area (Å²) in [5.41, 5.74) is 0. The number of benzene rings is 1. The predicted molar refractivity (Wildman–Crippen MR) is 93.2 cm³/mol. The quantitative estimate of drug-likeness (QED) is 0.710. The number of amides is 2. The minimum atomic E-state index is -0.146. The molecule has 0 aliphatic carbocycles. The average molecular weight is 336 g/mol. The third kappa shape index (κ3) is 7.85. The van der Waals surface area contributed by atoms with Gasteiger partial charge < -0.3 is 19.7 Å². The summed E-state index contributed by atoms with van der Waals surface area (Å²) >= 11 is 0. The Morgan fingerprint density at radius 3 is 2.33 bits per heavy atom. The molecule has 0 radical (unpaired) electrons. The van der Waals surface area contributed by atoms with Gasteiger partial charge in [0.05, 0.1) is 20.2 Å². The fourth-order valence-corrected chi connectivity index (χ4v) is 2.02. The van der Waals surface area contributed by atoms with Crippen LogP contribution in [0.25, 0.3) is 0 Å². The molecule has 0 heterocycles. The first-order valence-corrected chi connectivity index (χ1v) is 8.21. The lowest BCUT2D eigenvalue weighted by Crippen LogP contribution is -2.42. The molecule has 0 bridgehead atoms. The van der Waals surface area contributed by atoms with E-state index in [4.69, 9.17) is 9.47 Å². The van der Waals surface area contributed by atoms with E-state index in [0.717, 1.165) is 12.2 Å². The number of hydrogen-bond acceptors (Lipinski definition) is 4. The second kappa shape index (κ2) is 10.5. The minimum Gasteiger partial charge on any atom is -0.497 e. The Balaban J connectivity index is 2.36. The van der Waals surface area contributed by atoms with E-state index in [1.54, 1.807) is 31.4 Å². The average Bonchev–Trinajstić information content (AvgIpc) is 2.54. The first-order valence-electron chi connectivity index (χ1n) is 8.21. The van der Waals surface area contributed by atoms with E-state index in [9.17, 15) is 9.59 Å². The van der Waals surface area contributed by atoms with Gasteiger partial charge in [0.2, 0.25) is 11.8 Å². The topological polar surface area (TPSA) is 67.9 Å². The summed E-state index contributed by atoms with van der Waals surface area (Å²) in [4.78, 5) is 25.0. The number of hydrogen-bond donors (Lipinski definition) is 1. The molecule has 0 spiro atoms. The summed E-state index contributed by atoms with van der Waals surface area (Å²) in [6.07, 6.45) is 0.923. The van der Waals surface area contributed by atoms with E-state index < -0.39 is 0 Å². The molecule has 1 N–H and O–H groups in total. The molecule has 1 aromatic carbocycles. The van der Waals surface area contributed by atoms with Gasteiger partial charge in [0.25, 0.3) is 0 Å². The van der Waals surface area contributed by atoms with E-state index in [2.05, 4.69) is 19.2 Å². The van der Waals surface area contributed by atoms with Crippen LogP contribution >= 0.6 is 0 Å². The smallest absolute Gasteiger partial charge is 0.239 e. The maximum absolute atomic E-state index is 11.9. The molecule has 2 amide bonds. The second-order valence-corrected chi connectivity index (χ2v) is 6.00. The van der Waals surface area contributed by atoms with Gasteiger partial charge in [-0.25, -0.2) is 0 Å². The van der Waals surface area contributed by atoms with Gasteiger partial charge in [0.1, 0.15) is 18.1 Å². The van der Waals surface area contributed by atoms with Crippen molar-refractivity contribution in [3.63, 3.8) is 0 Å². The molecular weight excluding hydrogens is 308 g/mol. The molecule has 134 valence electrons. The molecule has 6 heteroatoms. The van der Waals surface area contributed by atoms with E-state index in [0.29, 0.717) is 31.4 Å². The summed E-state index contributed by atoms with van der Waals surface area (Å²) in [6, 6.07) is 7.21. The maximum Gasteiger partial charge on any atom is 0.239 e. The number of nitrogens with one attached hydrogen (secondary N) is 1. The SMILES string of the molecule is COc1ccc(OCCN(CC(=O)NCCC(C)C)C(C)=O)cc1. The molecule has 0 saturated heterocycles. The summed E-state index contributed by atoms with van der Waals surface area (Å²) in [5.74, 6) is 1.70. The summed E-state index contributed by atoms with van der Waals surface area (Å²) < 4.78 is 10.7. The van der Waals surface area contributed by atoms with E-state index >= 15 is 0 Å². The standard InChI is InChI=1S/C18H28N2O4/c1-14(2)9-10-19-18(22)13-20(15(3)21)11-12-24-17-7-5-16(23-4)6-8-17/h5-8,14H,9-13H2,1-4H3,(H,19,22). The molecular formula is C18H28N2O4. The normalized spacial score (nSPS) is 10.4. The third-order valence-electron chi connectivity index (χ3n) is 3.51. The highest BCUT2D eigenvalue weighted by Gasteiger charge is 2.13. The van der Waals surface area contributed by atoms with Gasteiger partial charge in [-0.1, -0.05) is 13.8 Å². The highest BCUT2D eigenvalue weighted by atomic mass is 16.5. The monoisotopic (exact) mass is 336 g/mol. The van der Waals surface area contributed by atoms with Crippen LogP contribution in [0, 0.1) is 5.92 Å². The highest BCUT2D eigenvalue weighted by molar-refractivity contribution is 5.83. The van der Waals surface area contributed by atoms with Crippen LogP contribution < -0.4 is 14.8 Å². The zero-order chi connectivity index (χ0) is 17.9. The van der Waals surface area contributed by atoms with Crippen molar-refractivity contribution in [3.8, 4) is 11.5 Å². The Morgan fingerprint density at radius 2 is 1.79 bits per heavy atom.